The summed E-state index contributed by atoms with van der Waals surface area (Å²) in [6.07, 6.45) is 0. The van der Waals surface area contributed by atoms with Crippen LogP contribution in [0.2, 0.25) is 0 Å². The van der Waals surface area contributed by atoms with Gasteiger partial charge in [-0.3, -0.25) is 4.90 Å². The van der Waals surface area contributed by atoms with Crippen molar-refractivity contribution in [1.82, 2.24) is 10.2 Å². The lowest BCUT2D eigenvalue weighted by Gasteiger charge is -2.39. The Morgan fingerprint density at radius 2 is 2.09 bits per heavy atom. The predicted octanol–water partition coefficient (Wildman–Crippen LogP) is 0.545. The number of nitrogens with zero attached hydrogens (tertiary/aromatic N) is 1. The van der Waals surface area contributed by atoms with E-state index in [1.165, 1.54) is 0 Å². The highest BCUT2D eigenvalue weighted by Crippen LogP contribution is 2.26. The van der Waals surface area contributed by atoms with Gasteiger partial charge in [-0.1, -0.05) is 0 Å². The van der Waals surface area contributed by atoms with Gasteiger partial charge in [0, 0.05) is 12.6 Å². The van der Waals surface area contributed by atoms with E-state index in [9.17, 15) is 8.78 Å². The lowest BCUT2D eigenvalue weighted by molar-refractivity contribution is -0.131. The molecule has 1 rings (SSSR count). The standard InChI is InChI=1S/C7H14F2N2/c1-6(10-2)3-11-4-7(8,9)5-11/h6,10H,3-5H2,1-2H3. The average Bonchev–Trinajstić information content (AvgIpc) is 1.83. The summed E-state index contributed by atoms with van der Waals surface area (Å²) < 4.78 is 24.6. The second-order valence-corrected chi connectivity index (χ2v) is 3.22. The van der Waals surface area contributed by atoms with Gasteiger partial charge in [-0.2, -0.15) is 0 Å². The summed E-state index contributed by atoms with van der Waals surface area (Å²) in [6.45, 7) is 2.56. The molecule has 1 fully saturated rings. The topological polar surface area (TPSA) is 15.3 Å². The van der Waals surface area contributed by atoms with Crippen molar-refractivity contribution >= 4 is 0 Å². The van der Waals surface area contributed by atoms with Gasteiger partial charge in [0.1, 0.15) is 0 Å². The van der Waals surface area contributed by atoms with Gasteiger partial charge >= 0.3 is 0 Å². The Hall–Kier alpha value is -0.220. The first-order valence-electron chi connectivity index (χ1n) is 3.81. The summed E-state index contributed by atoms with van der Waals surface area (Å²) in [7, 11) is 1.84. The Kier molecular flexibility index (Phi) is 2.44. The lowest BCUT2D eigenvalue weighted by Crippen LogP contribution is -2.58. The number of nitrogens with one attached hydrogen (secondary N) is 1. The molecule has 0 aromatic carbocycles. The second-order valence-electron chi connectivity index (χ2n) is 3.22. The summed E-state index contributed by atoms with van der Waals surface area (Å²) >= 11 is 0. The van der Waals surface area contributed by atoms with Crippen molar-refractivity contribution in [2.75, 3.05) is 26.7 Å². The number of likely N-dealkylation sites (N-methyl/N-ethyl adjacent to an activating group) is 1. The summed E-state index contributed by atoms with van der Waals surface area (Å²) in [4.78, 5) is 1.75. The third-order valence-electron chi connectivity index (χ3n) is 1.93. The van der Waals surface area contributed by atoms with Crippen LogP contribution in [0.5, 0.6) is 0 Å². The molecule has 4 heteroatoms. The maximum absolute atomic E-state index is 12.3. The molecular formula is C7H14F2N2. The van der Waals surface area contributed by atoms with Crippen LogP contribution in [0.1, 0.15) is 6.92 Å². The Labute approximate surface area is 65.6 Å². The van der Waals surface area contributed by atoms with E-state index >= 15 is 0 Å². The molecule has 1 aliphatic heterocycles. The molecule has 1 N–H and O–H groups in total. The van der Waals surface area contributed by atoms with Gasteiger partial charge in [0.05, 0.1) is 13.1 Å². The zero-order valence-electron chi connectivity index (χ0n) is 6.90. The van der Waals surface area contributed by atoms with Crippen LogP contribution in [-0.4, -0.2) is 43.5 Å². The van der Waals surface area contributed by atoms with E-state index in [1.54, 1.807) is 4.90 Å². The van der Waals surface area contributed by atoms with E-state index in [2.05, 4.69) is 5.32 Å². The van der Waals surface area contributed by atoms with Crippen LogP contribution in [0.15, 0.2) is 0 Å². The highest BCUT2D eigenvalue weighted by atomic mass is 19.3. The lowest BCUT2D eigenvalue weighted by atomic mass is 10.1. The molecular weight excluding hydrogens is 150 g/mol. The van der Waals surface area contributed by atoms with E-state index in [4.69, 9.17) is 0 Å². The zero-order chi connectivity index (χ0) is 8.48. The minimum Gasteiger partial charge on any atom is -0.316 e. The molecule has 0 radical (unpaired) electrons. The molecule has 0 bridgehead atoms. The molecule has 2 nitrogen and oxygen atoms in total. The van der Waals surface area contributed by atoms with E-state index in [-0.39, 0.29) is 13.1 Å². The Balaban J connectivity index is 2.13. The molecule has 66 valence electrons. The van der Waals surface area contributed by atoms with Crippen molar-refractivity contribution in [3.63, 3.8) is 0 Å². The molecule has 1 aliphatic rings. The van der Waals surface area contributed by atoms with Crippen LogP contribution in [0.3, 0.4) is 0 Å². The van der Waals surface area contributed by atoms with Crippen molar-refractivity contribution in [1.29, 1.82) is 0 Å². The van der Waals surface area contributed by atoms with Crippen LogP contribution in [0.25, 0.3) is 0 Å². The Morgan fingerprint density at radius 1 is 1.55 bits per heavy atom. The van der Waals surface area contributed by atoms with Gasteiger partial charge in [-0.05, 0) is 14.0 Å². The van der Waals surface area contributed by atoms with E-state index in [0.29, 0.717) is 12.6 Å². The molecule has 0 spiro atoms. The fourth-order valence-corrected chi connectivity index (χ4v) is 1.22. The normalized spacial score (nSPS) is 26.2. The van der Waals surface area contributed by atoms with Crippen molar-refractivity contribution < 1.29 is 8.78 Å². The quantitative estimate of drug-likeness (QED) is 0.655. The predicted molar refractivity (Wildman–Crippen MR) is 39.9 cm³/mol. The van der Waals surface area contributed by atoms with Crippen LogP contribution >= 0.6 is 0 Å². The third-order valence-corrected chi connectivity index (χ3v) is 1.93. The maximum Gasteiger partial charge on any atom is 0.272 e. The summed E-state index contributed by atoms with van der Waals surface area (Å²) in [5, 5.41) is 3.00. The fraction of sp³-hybridized carbons (Fsp3) is 1.00. The van der Waals surface area contributed by atoms with Gasteiger partial charge in [-0.25, -0.2) is 8.78 Å². The Morgan fingerprint density at radius 3 is 2.45 bits per heavy atom. The minimum absolute atomic E-state index is 0.0704. The Bertz CT molecular complexity index is 130. The van der Waals surface area contributed by atoms with Gasteiger partial charge < -0.3 is 5.32 Å². The zero-order valence-corrected chi connectivity index (χ0v) is 6.90. The number of likely N-dealkylation sites (tertiary alicyclic amines) is 1. The molecule has 0 aromatic rings. The first kappa shape index (κ1) is 8.87. The number of hydrogen-bond acceptors (Lipinski definition) is 2. The van der Waals surface area contributed by atoms with Crippen molar-refractivity contribution in [2.45, 2.75) is 18.9 Å². The van der Waals surface area contributed by atoms with Gasteiger partial charge in [0.15, 0.2) is 0 Å². The molecule has 0 saturated carbocycles. The minimum atomic E-state index is -2.42. The van der Waals surface area contributed by atoms with Gasteiger partial charge in [-0.15, -0.1) is 0 Å². The van der Waals surface area contributed by atoms with Crippen LogP contribution < -0.4 is 5.32 Å². The van der Waals surface area contributed by atoms with Crippen LogP contribution in [0.4, 0.5) is 8.78 Å². The number of hydrogen-bond donors (Lipinski definition) is 1. The highest BCUT2D eigenvalue weighted by molar-refractivity contribution is 4.88. The SMILES string of the molecule is CNC(C)CN1CC(F)(F)C1. The average molecular weight is 164 g/mol. The monoisotopic (exact) mass is 164 g/mol. The molecule has 0 amide bonds. The molecule has 11 heavy (non-hydrogen) atoms. The van der Waals surface area contributed by atoms with Crippen LogP contribution in [0, 0.1) is 0 Å². The molecule has 1 atom stereocenters. The molecule has 1 unspecified atom stereocenters. The van der Waals surface area contributed by atoms with E-state index in [1.807, 2.05) is 14.0 Å². The molecule has 1 saturated heterocycles. The number of rotatable bonds is 3. The second kappa shape index (κ2) is 3.03. The summed E-state index contributed by atoms with van der Waals surface area (Å²) in [5.74, 6) is -2.42. The molecule has 0 aliphatic carbocycles. The van der Waals surface area contributed by atoms with E-state index < -0.39 is 5.92 Å². The fourth-order valence-electron chi connectivity index (χ4n) is 1.22. The van der Waals surface area contributed by atoms with Crippen molar-refractivity contribution in [3.8, 4) is 0 Å². The molecule has 1 heterocycles. The molecule has 0 aromatic heterocycles. The highest BCUT2D eigenvalue weighted by Gasteiger charge is 2.43. The van der Waals surface area contributed by atoms with Crippen molar-refractivity contribution in [2.24, 2.45) is 0 Å². The first-order valence-corrected chi connectivity index (χ1v) is 3.81. The largest absolute Gasteiger partial charge is 0.316 e. The first-order chi connectivity index (χ1) is 5.03. The summed E-state index contributed by atoms with van der Waals surface area (Å²) in [6, 6.07) is 0.297. The number of halogens is 2. The van der Waals surface area contributed by atoms with Gasteiger partial charge in [0.25, 0.3) is 5.92 Å². The van der Waals surface area contributed by atoms with E-state index in [0.717, 1.165) is 0 Å². The maximum atomic E-state index is 12.3. The number of alkyl halides is 2. The summed E-state index contributed by atoms with van der Waals surface area (Å²) in [5.41, 5.74) is 0. The van der Waals surface area contributed by atoms with Crippen molar-refractivity contribution in [3.05, 3.63) is 0 Å². The third kappa shape index (κ3) is 2.38. The van der Waals surface area contributed by atoms with Crippen LogP contribution in [-0.2, 0) is 0 Å². The smallest absolute Gasteiger partial charge is 0.272 e. The van der Waals surface area contributed by atoms with Gasteiger partial charge in [0.2, 0.25) is 0 Å².